The van der Waals surface area contributed by atoms with Gasteiger partial charge in [0.05, 0.1) is 5.56 Å². The monoisotopic (exact) mass is 291 g/mol. The average Bonchev–Trinajstić information content (AvgIpc) is 2.35. The van der Waals surface area contributed by atoms with Gasteiger partial charge in [-0.3, -0.25) is 4.79 Å². The quantitative estimate of drug-likeness (QED) is 0.812. The van der Waals surface area contributed by atoms with Gasteiger partial charge in [-0.15, -0.1) is 0 Å². The van der Waals surface area contributed by atoms with E-state index >= 15 is 0 Å². The molecule has 4 nitrogen and oxygen atoms in total. The van der Waals surface area contributed by atoms with Gasteiger partial charge < -0.3 is 15.5 Å². The Morgan fingerprint density at radius 1 is 1.29 bits per heavy atom. The van der Waals surface area contributed by atoms with Gasteiger partial charge >= 0.3 is 0 Å². The predicted octanol–water partition coefficient (Wildman–Crippen LogP) is 2.74. The van der Waals surface area contributed by atoms with Crippen LogP contribution in [0, 0.1) is 12.3 Å². The number of anilines is 1. The van der Waals surface area contributed by atoms with Crippen molar-refractivity contribution in [2.75, 3.05) is 39.0 Å². The average molecular weight is 291 g/mol. The molecule has 0 spiro atoms. The summed E-state index contributed by atoms with van der Waals surface area (Å²) in [5.41, 5.74) is 2.81. The lowest BCUT2D eigenvalue weighted by atomic mass is 9.93. The van der Waals surface area contributed by atoms with E-state index < -0.39 is 0 Å². The van der Waals surface area contributed by atoms with Gasteiger partial charge in [-0.25, -0.2) is 0 Å². The number of nitrogens with zero attached hydrogens (tertiary/aromatic N) is 1. The van der Waals surface area contributed by atoms with Crippen molar-refractivity contribution in [3.05, 3.63) is 29.3 Å². The maximum atomic E-state index is 12.4. The molecule has 1 aromatic rings. The van der Waals surface area contributed by atoms with E-state index in [4.69, 9.17) is 0 Å². The minimum Gasteiger partial charge on any atom is -0.385 e. The molecule has 0 aliphatic carbocycles. The van der Waals surface area contributed by atoms with Crippen molar-refractivity contribution in [1.82, 2.24) is 10.2 Å². The summed E-state index contributed by atoms with van der Waals surface area (Å²) in [7, 11) is 4.10. The molecule has 0 heterocycles. The summed E-state index contributed by atoms with van der Waals surface area (Å²) in [6.45, 7) is 10.8. The van der Waals surface area contributed by atoms with E-state index in [2.05, 4.69) is 29.4 Å². The first-order chi connectivity index (χ1) is 9.75. The summed E-state index contributed by atoms with van der Waals surface area (Å²) in [6, 6.07) is 5.88. The number of nitrogens with one attached hydrogen (secondary N) is 2. The third-order valence-electron chi connectivity index (χ3n) is 3.26. The smallest absolute Gasteiger partial charge is 0.253 e. The van der Waals surface area contributed by atoms with Crippen LogP contribution in [-0.2, 0) is 0 Å². The molecule has 2 N–H and O–H groups in total. The third kappa shape index (κ3) is 5.76. The number of benzene rings is 1. The lowest BCUT2D eigenvalue weighted by Crippen LogP contribution is -2.40. The van der Waals surface area contributed by atoms with E-state index in [0.29, 0.717) is 12.1 Å². The summed E-state index contributed by atoms with van der Waals surface area (Å²) in [5, 5.41) is 6.32. The van der Waals surface area contributed by atoms with Crippen molar-refractivity contribution in [2.24, 2.45) is 5.41 Å². The Balaban J connectivity index is 2.76. The molecule has 0 aromatic heterocycles. The molecular formula is C17H29N3O. The Morgan fingerprint density at radius 2 is 1.95 bits per heavy atom. The second-order valence-corrected chi connectivity index (χ2v) is 6.66. The first-order valence-corrected chi connectivity index (χ1v) is 7.52. The Bertz CT molecular complexity index is 481. The number of hydrogen-bond donors (Lipinski definition) is 2. The highest BCUT2D eigenvalue weighted by molar-refractivity contribution is 5.99. The van der Waals surface area contributed by atoms with Crippen LogP contribution in [0.1, 0.15) is 36.7 Å². The lowest BCUT2D eigenvalue weighted by Gasteiger charge is -2.28. The van der Waals surface area contributed by atoms with Crippen molar-refractivity contribution in [3.8, 4) is 0 Å². The number of carbonyl (C=O) groups excluding carboxylic acids is 1. The second kappa shape index (κ2) is 7.46. The topological polar surface area (TPSA) is 44.4 Å². The molecule has 0 unspecified atom stereocenters. The molecule has 0 saturated heterocycles. The van der Waals surface area contributed by atoms with E-state index in [1.54, 1.807) is 0 Å². The zero-order valence-electron chi connectivity index (χ0n) is 14.2. The minimum atomic E-state index is -0.0159. The van der Waals surface area contributed by atoms with Gasteiger partial charge in [-0.1, -0.05) is 19.9 Å². The Hall–Kier alpha value is -1.55. The normalized spacial score (nSPS) is 11.6. The molecule has 0 atom stereocenters. The fourth-order valence-electron chi connectivity index (χ4n) is 2.52. The van der Waals surface area contributed by atoms with Gasteiger partial charge in [0.15, 0.2) is 0 Å². The maximum absolute atomic E-state index is 12.4. The number of carbonyl (C=O) groups is 1. The molecule has 0 bridgehead atoms. The van der Waals surface area contributed by atoms with Gasteiger partial charge in [-0.2, -0.15) is 0 Å². The number of aryl methyl sites for hydroxylation is 1. The van der Waals surface area contributed by atoms with Gasteiger partial charge in [0.2, 0.25) is 0 Å². The number of hydrogen-bond acceptors (Lipinski definition) is 3. The van der Waals surface area contributed by atoms with Gasteiger partial charge in [0.25, 0.3) is 5.91 Å². The molecule has 118 valence electrons. The fraction of sp³-hybridized carbons (Fsp3) is 0.588. The second-order valence-electron chi connectivity index (χ2n) is 6.66. The molecule has 1 amide bonds. The zero-order chi connectivity index (χ0) is 16.0. The third-order valence-corrected chi connectivity index (χ3v) is 3.26. The van der Waals surface area contributed by atoms with Crippen LogP contribution in [0.25, 0.3) is 0 Å². The van der Waals surface area contributed by atoms with Crippen molar-refractivity contribution < 1.29 is 4.79 Å². The first-order valence-electron chi connectivity index (χ1n) is 7.52. The number of rotatable bonds is 7. The van der Waals surface area contributed by atoms with Crippen LogP contribution in [-0.4, -0.2) is 44.5 Å². The number of amides is 1. The molecule has 1 rings (SSSR count). The lowest BCUT2D eigenvalue weighted by molar-refractivity contribution is 0.0930. The molecule has 0 radical (unpaired) electrons. The minimum absolute atomic E-state index is 0.0159. The van der Waals surface area contributed by atoms with E-state index in [1.807, 2.05) is 46.1 Å². The Morgan fingerprint density at radius 3 is 2.52 bits per heavy atom. The van der Waals surface area contributed by atoms with Crippen LogP contribution >= 0.6 is 0 Å². The largest absolute Gasteiger partial charge is 0.385 e. The summed E-state index contributed by atoms with van der Waals surface area (Å²) in [6.07, 6.45) is 0. The molecule has 4 heteroatoms. The first kappa shape index (κ1) is 17.5. The van der Waals surface area contributed by atoms with Crippen molar-refractivity contribution >= 4 is 11.6 Å². The molecule has 21 heavy (non-hydrogen) atoms. The van der Waals surface area contributed by atoms with Crippen molar-refractivity contribution in [3.63, 3.8) is 0 Å². The zero-order valence-corrected chi connectivity index (χ0v) is 14.2. The van der Waals surface area contributed by atoms with Crippen LogP contribution in [0.15, 0.2) is 18.2 Å². The molecule has 0 aliphatic heterocycles. The molecule has 0 aliphatic rings. The SMILES string of the molecule is CCNc1cc(C)ccc1C(=O)NCC(C)(C)CN(C)C. The van der Waals surface area contributed by atoms with Crippen LogP contribution in [0.4, 0.5) is 5.69 Å². The fourth-order valence-corrected chi connectivity index (χ4v) is 2.52. The van der Waals surface area contributed by atoms with Crippen LogP contribution in [0.2, 0.25) is 0 Å². The van der Waals surface area contributed by atoms with Crippen LogP contribution in [0.3, 0.4) is 0 Å². The predicted molar refractivity (Wildman–Crippen MR) is 90.0 cm³/mol. The molecule has 0 saturated carbocycles. The summed E-state index contributed by atoms with van der Waals surface area (Å²) >= 11 is 0. The highest BCUT2D eigenvalue weighted by atomic mass is 16.1. The molecular weight excluding hydrogens is 262 g/mol. The maximum Gasteiger partial charge on any atom is 0.253 e. The summed E-state index contributed by atoms with van der Waals surface area (Å²) in [5.74, 6) is -0.0159. The van der Waals surface area contributed by atoms with Crippen LogP contribution in [0.5, 0.6) is 0 Å². The van der Waals surface area contributed by atoms with Crippen molar-refractivity contribution in [2.45, 2.75) is 27.7 Å². The molecule has 0 fully saturated rings. The van der Waals surface area contributed by atoms with E-state index in [0.717, 1.165) is 24.3 Å². The van der Waals surface area contributed by atoms with Gasteiger partial charge in [0.1, 0.15) is 0 Å². The van der Waals surface area contributed by atoms with E-state index in [1.165, 1.54) is 0 Å². The Labute approximate surface area is 128 Å². The Kier molecular flexibility index (Phi) is 6.21. The summed E-state index contributed by atoms with van der Waals surface area (Å²) < 4.78 is 0. The molecule has 1 aromatic carbocycles. The van der Waals surface area contributed by atoms with Crippen molar-refractivity contribution in [1.29, 1.82) is 0 Å². The highest BCUT2D eigenvalue weighted by Gasteiger charge is 2.21. The van der Waals surface area contributed by atoms with Gasteiger partial charge in [-0.05, 0) is 51.1 Å². The highest BCUT2D eigenvalue weighted by Crippen LogP contribution is 2.19. The van der Waals surface area contributed by atoms with Gasteiger partial charge in [0, 0.05) is 25.3 Å². The summed E-state index contributed by atoms with van der Waals surface area (Å²) in [4.78, 5) is 14.6. The van der Waals surface area contributed by atoms with E-state index in [-0.39, 0.29) is 11.3 Å². The van der Waals surface area contributed by atoms with E-state index in [9.17, 15) is 4.79 Å². The standard InChI is InChI=1S/C17H29N3O/c1-7-18-15-10-13(2)8-9-14(15)16(21)19-11-17(3,4)12-20(5)6/h8-10,18H,7,11-12H2,1-6H3,(H,19,21). The van der Waals surface area contributed by atoms with Crippen LogP contribution < -0.4 is 10.6 Å².